The van der Waals surface area contributed by atoms with E-state index in [0.717, 1.165) is 11.1 Å². The van der Waals surface area contributed by atoms with Crippen LogP contribution < -0.4 is 19.6 Å². The highest BCUT2D eigenvalue weighted by Gasteiger charge is 2.33. The Morgan fingerprint density at radius 3 is 2.54 bits per heavy atom. The molecule has 200 valence electrons. The molecule has 0 bridgehead atoms. The number of fused-ring (bicyclic) bond motifs is 1. The van der Waals surface area contributed by atoms with E-state index in [1.165, 1.54) is 15.9 Å². The van der Waals surface area contributed by atoms with Crippen LogP contribution in [0.2, 0.25) is 10.0 Å². The fourth-order valence-corrected chi connectivity index (χ4v) is 5.71. The van der Waals surface area contributed by atoms with Crippen LogP contribution in [0.4, 0.5) is 0 Å². The second-order valence-corrected chi connectivity index (χ2v) is 10.5. The molecule has 1 atom stereocenters. The van der Waals surface area contributed by atoms with Crippen molar-refractivity contribution in [1.82, 2.24) is 4.57 Å². The van der Waals surface area contributed by atoms with Gasteiger partial charge in [-0.3, -0.25) is 9.36 Å². The van der Waals surface area contributed by atoms with E-state index in [2.05, 4.69) is 4.99 Å². The first-order valence-electron chi connectivity index (χ1n) is 12.3. The van der Waals surface area contributed by atoms with Gasteiger partial charge in [0.1, 0.15) is 17.3 Å². The highest BCUT2D eigenvalue weighted by Crippen LogP contribution is 2.32. The maximum Gasteiger partial charge on any atom is 0.338 e. The number of carbonyl (C=O) groups excluding carboxylic acids is 1. The van der Waals surface area contributed by atoms with Crippen molar-refractivity contribution >= 4 is 46.6 Å². The number of allylic oxidation sites excluding steroid dienone is 1. The summed E-state index contributed by atoms with van der Waals surface area (Å²) < 4.78 is 18.9. The molecule has 0 saturated heterocycles. The first-order chi connectivity index (χ1) is 18.8. The van der Waals surface area contributed by atoms with Gasteiger partial charge in [0, 0.05) is 11.6 Å². The number of benzene rings is 2. The number of halogens is 2. The van der Waals surface area contributed by atoms with Crippen LogP contribution in [0.3, 0.4) is 0 Å². The van der Waals surface area contributed by atoms with E-state index < -0.39 is 12.0 Å². The van der Waals surface area contributed by atoms with E-state index in [9.17, 15) is 9.59 Å². The smallest absolute Gasteiger partial charge is 0.338 e. The first kappa shape index (κ1) is 27.0. The molecule has 4 aromatic rings. The molecule has 5 rings (SSSR count). The van der Waals surface area contributed by atoms with E-state index in [0.29, 0.717) is 54.5 Å². The molecule has 2 aromatic carbocycles. The lowest BCUT2D eigenvalue weighted by Crippen LogP contribution is -2.39. The number of rotatable bonds is 7. The van der Waals surface area contributed by atoms with Gasteiger partial charge in [0.05, 0.1) is 45.1 Å². The fourth-order valence-electron chi connectivity index (χ4n) is 4.38. The summed E-state index contributed by atoms with van der Waals surface area (Å²) in [4.78, 5) is 31.9. The summed E-state index contributed by atoms with van der Waals surface area (Å²) in [7, 11) is 0. The molecule has 1 aliphatic heterocycles. The summed E-state index contributed by atoms with van der Waals surface area (Å²) in [6.07, 6.45) is 1.67. The van der Waals surface area contributed by atoms with Crippen LogP contribution in [-0.4, -0.2) is 23.8 Å². The van der Waals surface area contributed by atoms with Crippen molar-refractivity contribution in [3.8, 4) is 17.1 Å². The molecule has 0 N–H and O–H groups in total. The predicted molar refractivity (Wildman–Crippen MR) is 152 cm³/mol. The Morgan fingerprint density at radius 1 is 1.08 bits per heavy atom. The second kappa shape index (κ2) is 11.3. The van der Waals surface area contributed by atoms with Crippen molar-refractivity contribution in [2.24, 2.45) is 4.99 Å². The van der Waals surface area contributed by atoms with E-state index >= 15 is 0 Å². The maximum atomic E-state index is 13.8. The second-order valence-electron chi connectivity index (χ2n) is 8.64. The van der Waals surface area contributed by atoms with Crippen LogP contribution in [0.25, 0.3) is 17.4 Å². The molecule has 10 heteroatoms. The average molecular weight is 583 g/mol. The van der Waals surface area contributed by atoms with Crippen molar-refractivity contribution in [2.75, 3.05) is 13.2 Å². The first-order valence-corrected chi connectivity index (χ1v) is 13.9. The molecule has 0 saturated carbocycles. The van der Waals surface area contributed by atoms with Crippen LogP contribution in [0.5, 0.6) is 5.75 Å². The van der Waals surface area contributed by atoms with Gasteiger partial charge >= 0.3 is 5.97 Å². The Bertz CT molecular complexity index is 1770. The molecular formula is C29H24Cl2N2O5S. The lowest BCUT2D eigenvalue weighted by atomic mass is 9.96. The van der Waals surface area contributed by atoms with E-state index in [1.807, 2.05) is 31.2 Å². The van der Waals surface area contributed by atoms with Crippen LogP contribution in [0.1, 0.15) is 38.1 Å². The molecule has 0 fully saturated rings. The summed E-state index contributed by atoms with van der Waals surface area (Å²) >= 11 is 13.4. The standard InChI is InChI=1S/C29H24Cl2N2O5S/c1-4-36-19-9-6-17(7-10-19)26-25(28(35)37-5-2)16(3)32-29-33(26)27(34)24(39-29)15-20-11-13-23(38-20)18-8-12-21(30)22(31)14-18/h6-15,26H,4-5H2,1-3H3/b24-15-/t26-/m0/s1. The molecule has 1 aliphatic rings. The maximum absolute atomic E-state index is 13.8. The Balaban J connectivity index is 1.61. The lowest BCUT2D eigenvalue weighted by Gasteiger charge is -2.24. The van der Waals surface area contributed by atoms with E-state index in [-0.39, 0.29) is 12.2 Å². The van der Waals surface area contributed by atoms with Gasteiger partial charge in [0.25, 0.3) is 5.56 Å². The van der Waals surface area contributed by atoms with Crippen LogP contribution in [0, 0.1) is 0 Å². The molecule has 0 radical (unpaired) electrons. The number of furan rings is 1. The van der Waals surface area contributed by atoms with Gasteiger partial charge in [-0.05, 0) is 68.8 Å². The largest absolute Gasteiger partial charge is 0.494 e. The Labute approximate surface area is 238 Å². The molecule has 2 aromatic heterocycles. The lowest BCUT2D eigenvalue weighted by molar-refractivity contribution is -0.139. The zero-order chi connectivity index (χ0) is 27.7. The third-order valence-electron chi connectivity index (χ3n) is 6.13. The molecule has 3 heterocycles. The minimum atomic E-state index is -0.707. The average Bonchev–Trinajstić information content (AvgIpc) is 3.50. The van der Waals surface area contributed by atoms with Crippen molar-refractivity contribution in [3.63, 3.8) is 0 Å². The molecule has 0 aliphatic carbocycles. The van der Waals surface area contributed by atoms with E-state index in [1.54, 1.807) is 50.3 Å². The highest BCUT2D eigenvalue weighted by molar-refractivity contribution is 7.07. The van der Waals surface area contributed by atoms with Crippen LogP contribution in [-0.2, 0) is 9.53 Å². The van der Waals surface area contributed by atoms with Crippen LogP contribution in [0.15, 0.2) is 80.1 Å². The predicted octanol–water partition coefficient (Wildman–Crippen LogP) is 5.76. The molecular weight excluding hydrogens is 559 g/mol. The Hall–Kier alpha value is -3.59. The minimum absolute atomic E-state index is 0.204. The number of thiazole rings is 1. The van der Waals surface area contributed by atoms with Crippen molar-refractivity contribution in [3.05, 3.63) is 107 Å². The zero-order valence-corrected chi connectivity index (χ0v) is 23.7. The molecule has 39 heavy (non-hydrogen) atoms. The number of hydrogen-bond donors (Lipinski definition) is 0. The summed E-state index contributed by atoms with van der Waals surface area (Å²) in [5, 5.41) is 0.871. The van der Waals surface area contributed by atoms with Crippen molar-refractivity contribution in [2.45, 2.75) is 26.8 Å². The minimum Gasteiger partial charge on any atom is -0.494 e. The molecule has 0 spiro atoms. The summed E-state index contributed by atoms with van der Waals surface area (Å²) in [5.41, 5.74) is 2.03. The van der Waals surface area contributed by atoms with Crippen LogP contribution >= 0.6 is 34.5 Å². The van der Waals surface area contributed by atoms with Gasteiger partial charge < -0.3 is 13.9 Å². The Kier molecular flexibility index (Phi) is 7.79. The van der Waals surface area contributed by atoms with Gasteiger partial charge in [-0.2, -0.15) is 0 Å². The topological polar surface area (TPSA) is 83.0 Å². The van der Waals surface area contributed by atoms with Gasteiger partial charge in [-0.25, -0.2) is 9.79 Å². The number of esters is 1. The van der Waals surface area contributed by atoms with E-state index in [4.69, 9.17) is 37.1 Å². The summed E-state index contributed by atoms with van der Waals surface area (Å²) in [5.74, 6) is 1.26. The number of nitrogens with zero attached hydrogens (tertiary/aromatic N) is 2. The number of hydrogen-bond acceptors (Lipinski definition) is 7. The number of ether oxygens (including phenoxy) is 2. The molecule has 7 nitrogen and oxygen atoms in total. The van der Waals surface area contributed by atoms with Crippen molar-refractivity contribution < 1.29 is 18.7 Å². The number of carbonyl (C=O) groups is 1. The fraction of sp³-hybridized carbons (Fsp3) is 0.207. The number of aromatic nitrogens is 1. The molecule has 0 amide bonds. The third-order valence-corrected chi connectivity index (χ3v) is 7.85. The third kappa shape index (κ3) is 5.32. The van der Waals surface area contributed by atoms with Gasteiger partial charge in [0.2, 0.25) is 0 Å². The van der Waals surface area contributed by atoms with Gasteiger partial charge in [0.15, 0.2) is 4.80 Å². The summed E-state index contributed by atoms with van der Waals surface area (Å²) in [6, 6.07) is 15.4. The highest BCUT2D eigenvalue weighted by atomic mass is 35.5. The SMILES string of the molecule is CCOC(=O)C1=C(C)N=c2s/c(=C\c3ccc(-c4ccc(Cl)c(Cl)c4)o3)c(=O)n2[C@H]1c1ccc(OCC)cc1. The Morgan fingerprint density at radius 2 is 1.85 bits per heavy atom. The van der Waals surface area contributed by atoms with Gasteiger partial charge in [-0.15, -0.1) is 0 Å². The zero-order valence-electron chi connectivity index (χ0n) is 21.4. The van der Waals surface area contributed by atoms with Crippen molar-refractivity contribution in [1.29, 1.82) is 0 Å². The normalized spacial score (nSPS) is 15.2. The van der Waals surface area contributed by atoms with Gasteiger partial charge in [-0.1, -0.05) is 46.7 Å². The molecule has 0 unspecified atom stereocenters. The monoisotopic (exact) mass is 582 g/mol. The quantitative estimate of drug-likeness (QED) is 0.258. The summed E-state index contributed by atoms with van der Waals surface area (Å²) in [6.45, 7) is 6.13.